The van der Waals surface area contributed by atoms with Crippen LogP contribution in [0.3, 0.4) is 0 Å². The number of nitrogens with one attached hydrogen (secondary N) is 1. The van der Waals surface area contributed by atoms with E-state index in [4.69, 9.17) is 12.2 Å². The number of H-pyrrole nitrogens is 1. The van der Waals surface area contributed by atoms with E-state index in [1.807, 2.05) is 23.6 Å². The summed E-state index contributed by atoms with van der Waals surface area (Å²) in [7, 11) is 0. The Balaban J connectivity index is 2.22. The van der Waals surface area contributed by atoms with E-state index >= 15 is 0 Å². The predicted molar refractivity (Wildman–Crippen MR) is 75.1 cm³/mol. The molecule has 3 rings (SSSR count). The molecule has 0 aliphatic rings. The molecule has 1 atom stereocenters. The molecule has 0 amide bonds. The van der Waals surface area contributed by atoms with Crippen LogP contribution in [-0.2, 0) is 0 Å². The number of halogens is 1. The Kier molecular flexibility index (Phi) is 2.91. The van der Waals surface area contributed by atoms with E-state index in [1.165, 1.54) is 6.07 Å². The zero-order valence-corrected chi connectivity index (χ0v) is 11.1. The van der Waals surface area contributed by atoms with Crippen molar-refractivity contribution in [3.8, 4) is 0 Å². The van der Waals surface area contributed by atoms with Crippen LogP contribution in [0, 0.1) is 10.6 Å². The van der Waals surface area contributed by atoms with Gasteiger partial charge in [-0.05, 0) is 31.3 Å². The first-order chi connectivity index (χ1) is 9.18. The maximum Gasteiger partial charge on any atom is 0.178 e. The number of aromatic nitrogens is 3. The van der Waals surface area contributed by atoms with E-state index < -0.39 is 0 Å². The molecule has 3 aromatic rings. The van der Waals surface area contributed by atoms with E-state index in [2.05, 4.69) is 9.97 Å². The van der Waals surface area contributed by atoms with E-state index in [0.717, 1.165) is 11.0 Å². The number of fused-ring (bicyclic) bond motifs is 1. The lowest BCUT2D eigenvalue weighted by atomic mass is 10.1. The molecule has 5 heteroatoms. The van der Waals surface area contributed by atoms with Crippen molar-refractivity contribution in [3.05, 3.63) is 58.9 Å². The highest BCUT2D eigenvalue weighted by atomic mass is 32.1. The molecule has 2 heterocycles. The highest BCUT2D eigenvalue weighted by molar-refractivity contribution is 7.71. The lowest BCUT2D eigenvalue weighted by Gasteiger charge is -2.15. The molecule has 3 nitrogen and oxygen atoms in total. The third kappa shape index (κ3) is 1.96. The van der Waals surface area contributed by atoms with Gasteiger partial charge in [-0.3, -0.25) is 4.98 Å². The summed E-state index contributed by atoms with van der Waals surface area (Å²) in [6.07, 6.45) is 3.42. The first-order valence-electron chi connectivity index (χ1n) is 5.97. The number of nitrogens with zero attached hydrogens (tertiary/aromatic N) is 2. The van der Waals surface area contributed by atoms with Gasteiger partial charge in [-0.15, -0.1) is 0 Å². The minimum Gasteiger partial charge on any atom is -0.329 e. The van der Waals surface area contributed by atoms with E-state index in [-0.39, 0.29) is 11.9 Å². The van der Waals surface area contributed by atoms with Gasteiger partial charge in [-0.1, -0.05) is 18.2 Å². The maximum atomic E-state index is 13.9. The number of hydrogen-bond acceptors (Lipinski definition) is 2. The summed E-state index contributed by atoms with van der Waals surface area (Å²) < 4.78 is 16.4. The summed E-state index contributed by atoms with van der Waals surface area (Å²) in [6, 6.07) is 8.45. The highest BCUT2D eigenvalue weighted by Gasteiger charge is 2.15. The molecule has 0 fully saturated rings. The fraction of sp³-hybridized carbons (Fsp3) is 0.143. The third-order valence-corrected chi connectivity index (χ3v) is 3.56. The molecule has 0 radical (unpaired) electrons. The lowest BCUT2D eigenvalue weighted by Crippen LogP contribution is -2.08. The highest BCUT2D eigenvalue weighted by Crippen LogP contribution is 2.25. The van der Waals surface area contributed by atoms with E-state index in [1.54, 1.807) is 24.5 Å². The van der Waals surface area contributed by atoms with Crippen molar-refractivity contribution in [2.24, 2.45) is 0 Å². The number of benzene rings is 1. The van der Waals surface area contributed by atoms with Crippen molar-refractivity contribution in [1.82, 2.24) is 14.5 Å². The molecule has 2 aromatic heterocycles. The number of aromatic amines is 1. The van der Waals surface area contributed by atoms with Crippen molar-refractivity contribution < 1.29 is 4.39 Å². The number of rotatable bonds is 2. The number of imidazole rings is 1. The smallest absolute Gasteiger partial charge is 0.178 e. The third-order valence-electron chi connectivity index (χ3n) is 3.26. The minimum atomic E-state index is -0.222. The Morgan fingerprint density at radius 2 is 2.11 bits per heavy atom. The van der Waals surface area contributed by atoms with Crippen molar-refractivity contribution >= 4 is 23.3 Å². The topological polar surface area (TPSA) is 33.6 Å². The van der Waals surface area contributed by atoms with Crippen molar-refractivity contribution in [2.45, 2.75) is 13.0 Å². The summed E-state index contributed by atoms with van der Waals surface area (Å²) in [6.45, 7) is 1.93. The number of hydrogen-bond donors (Lipinski definition) is 1. The van der Waals surface area contributed by atoms with Gasteiger partial charge in [0.15, 0.2) is 4.77 Å². The van der Waals surface area contributed by atoms with Gasteiger partial charge in [0.05, 0.1) is 23.3 Å². The van der Waals surface area contributed by atoms with Crippen LogP contribution in [-0.4, -0.2) is 14.5 Å². The fourth-order valence-electron chi connectivity index (χ4n) is 2.32. The van der Waals surface area contributed by atoms with Gasteiger partial charge < -0.3 is 9.55 Å². The van der Waals surface area contributed by atoms with Crippen LogP contribution in [0.4, 0.5) is 4.39 Å². The number of pyridine rings is 1. The Labute approximate surface area is 114 Å². The molecule has 1 unspecified atom stereocenters. The summed E-state index contributed by atoms with van der Waals surface area (Å²) in [5, 5.41) is 0. The Morgan fingerprint density at radius 3 is 2.89 bits per heavy atom. The summed E-state index contributed by atoms with van der Waals surface area (Å²) in [5.74, 6) is -0.222. The lowest BCUT2D eigenvalue weighted by molar-refractivity contribution is 0.561. The van der Waals surface area contributed by atoms with E-state index in [0.29, 0.717) is 10.3 Å². The molecule has 96 valence electrons. The van der Waals surface area contributed by atoms with Gasteiger partial charge >= 0.3 is 0 Å². The second-order valence-corrected chi connectivity index (χ2v) is 4.78. The Hall–Kier alpha value is -2.01. The molecule has 0 saturated carbocycles. The molecular formula is C14H12FN3S. The molecular weight excluding hydrogens is 261 g/mol. The van der Waals surface area contributed by atoms with Crippen LogP contribution in [0.15, 0.2) is 42.7 Å². The Bertz CT molecular complexity index is 790. The van der Waals surface area contributed by atoms with Crippen molar-refractivity contribution in [1.29, 1.82) is 0 Å². The molecule has 0 aliphatic heterocycles. The maximum absolute atomic E-state index is 13.9. The molecule has 0 saturated heterocycles. The molecule has 0 aliphatic carbocycles. The largest absolute Gasteiger partial charge is 0.329 e. The summed E-state index contributed by atoms with van der Waals surface area (Å²) in [5.41, 5.74) is 2.41. The molecule has 19 heavy (non-hydrogen) atoms. The van der Waals surface area contributed by atoms with Gasteiger partial charge in [0.25, 0.3) is 0 Å². The van der Waals surface area contributed by atoms with Crippen LogP contribution in [0.1, 0.15) is 18.5 Å². The average molecular weight is 273 g/mol. The summed E-state index contributed by atoms with van der Waals surface area (Å²) in [4.78, 5) is 7.14. The second kappa shape index (κ2) is 4.59. The van der Waals surface area contributed by atoms with Gasteiger partial charge in [-0.2, -0.15) is 0 Å². The SMILES string of the molecule is CC(c1ccccc1F)n1c(=S)[nH]c2cnccc21. The molecule has 1 N–H and O–H groups in total. The zero-order chi connectivity index (χ0) is 13.4. The fourth-order valence-corrected chi connectivity index (χ4v) is 2.68. The molecule has 0 bridgehead atoms. The minimum absolute atomic E-state index is 0.176. The van der Waals surface area contributed by atoms with Gasteiger partial charge in [-0.25, -0.2) is 4.39 Å². The Morgan fingerprint density at radius 1 is 1.32 bits per heavy atom. The first-order valence-corrected chi connectivity index (χ1v) is 6.38. The first kappa shape index (κ1) is 12.0. The van der Waals surface area contributed by atoms with Gasteiger partial charge in [0.1, 0.15) is 5.82 Å². The summed E-state index contributed by atoms with van der Waals surface area (Å²) >= 11 is 5.33. The van der Waals surface area contributed by atoms with Crippen LogP contribution >= 0.6 is 12.2 Å². The predicted octanol–water partition coefficient (Wildman–Crippen LogP) is 3.84. The second-order valence-electron chi connectivity index (χ2n) is 4.39. The average Bonchev–Trinajstić information content (AvgIpc) is 2.74. The van der Waals surface area contributed by atoms with Gasteiger partial charge in [0, 0.05) is 11.8 Å². The zero-order valence-electron chi connectivity index (χ0n) is 10.3. The van der Waals surface area contributed by atoms with Crippen LogP contribution in [0.5, 0.6) is 0 Å². The standard InChI is InChI=1S/C14H12FN3S/c1-9(10-4-2-3-5-11(10)15)18-13-6-7-16-8-12(13)17-14(18)19/h2-9H,1H3,(H,17,19). The van der Waals surface area contributed by atoms with Crippen LogP contribution < -0.4 is 0 Å². The van der Waals surface area contributed by atoms with Gasteiger partial charge in [0.2, 0.25) is 0 Å². The monoisotopic (exact) mass is 273 g/mol. The molecule has 1 aromatic carbocycles. The van der Waals surface area contributed by atoms with Crippen LogP contribution in [0.25, 0.3) is 11.0 Å². The van der Waals surface area contributed by atoms with E-state index in [9.17, 15) is 4.39 Å². The van der Waals surface area contributed by atoms with Crippen molar-refractivity contribution in [3.63, 3.8) is 0 Å². The van der Waals surface area contributed by atoms with Crippen molar-refractivity contribution in [2.75, 3.05) is 0 Å². The normalized spacial score (nSPS) is 12.7. The quantitative estimate of drug-likeness (QED) is 0.720. The molecule has 0 spiro atoms. The van der Waals surface area contributed by atoms with Crippen LogP contribution in [0.2, 0.25) is 0 Å².